The van der Waals surface area contributed by atoms with Crippen LogP contribution in [0.1, 0.15) is 304 Å². The highest BCUT2D eigenvalue weighted by molar-refractivity contribution is 5.77. The molecule has 16 atom stereocenters. The second kappa shape index (κ2) is 43.9. The van der Waals surface area contributed by atoms with Crippen LogP contribution in [0.4, 0.5) is 0 Å². The number of ether oxygens (including phenoxy) is 12. The Hall–Kier alpha value is -7.16. The van der Waals surface area contributed by atoms with Gasteiger partial charge in [-0.05, 0) is 191 Å². The normalized spacial score (nSPS) is 38.5. The summed E-state index contributed by atoms with van der Waals surface area (Å²) in [5.41, 5.74) is 23.6. The van der Waals surface area contributed by atoms with Gasteiger partial charge in [0.1, 0.15) is 48.4 Å². The Balaban J connectivity index is 0.000000254. The SMILES string of the molecule is [2H]C([2H])([2H])C([2H])(C([2H])([2H])[2H])[C@]([2H])(N)C(=O)OC1CC2c3cc(OC)c(OC)cc3C([2H])([2H])C([2H])([2H])N2CC1CC(C)C.[2H]c1c2c(c([2H])c(OC)c1OC([2H])([2H])[2H])C1([2H])CC([2H])(OC(=O)[C@@]([2H])(N)C([2H])(C([2H])([2H])[2H])C([2H])([2H])[2H])C(CC(C)C)CN1CC2.[2H]c1c2c(c([2H])c(OC)c1OC([2H])([2H])[2H])C1([2H])CC([2H])(OC(=O)[C@@]([2H])(N)C([2H])(C([2H])([2H])[2H])C([2H])([2H])[2H])C(CC(C)C)CN1CC2.[2H]c1c2c(c([2H])c(OC)c1OC)C1([2H])CC([2H])(OC(=O)[C@@]([2H])(N)C([2H])(C([2H])([2H])[2H])C([2H])([2H])[2H])C(CC(C)C)CN1CC2. The van der Waals surface area contributed by atoms with Crippen molar-refractivity contribution in [1.29, 1.82) is 0 Å². The van der Waals surface area contributed by atoms with Gasteiger partial charge in [0.15, 0.2) is 46.0 Å². The van der Waals surface area contributed by atoms with E-state index in [1.165, 1.54) is 45.5 Å². The maximum atomic E-state index is 13.5. The van der Waals surface area contributed by atoms with Crippen LogP contribution in [0.15, 0.2) is 48.4 Å². The summed E-state index contributed by atoms with van der Waals surface area (Å²) in [4.78, 5) is 60.2. The molecule has 120 heavy (non-hydrogen) atoms. The standard InChI is InChI=1S/4C24H38N2O4/c4*1-14(2)9-17-13-26-8-7-16-10-21(28-5)22(29-6)11-18(16)19(26)12-20(17)30-24(27)23(25)15(3)4/h4*10-11,14-15,17,19-20,23H,7-9,12-13,25H2,1-6H3/t4*17?,19?,20?,23-/m0000/s1/i2*3D3,4D3,5D3,10D,11D,15D,19D,20D,23D;3D3,4D3,10D,11D,15D,19D,20D,23D;3D3,4D3,7D2,8D2,15D,23D. The van der Waals surface area contributed by atoms with E-state index < -0.39 is 292 Å². The second-order valence-corrected chi connectivity index (χ2v) is 31.7. The molecule has 8 N–H and O–H groups in total. The Labute approximate surface area is 794 Å². The summed E-state index contributed by atoms with van der Waals surface area (Å²) in [5, 5.41) is 0. The van der Waals surface area contributed by atoms with Crippen LogP contribution in [0.25, 0.3) is 0 Å². The zero-order valence-electron chi connectivity index (χ0n) is 124. The van der Waals surface area contributed by atoms with E-state index in [0.29, 0.717) is 24.0 Å². The van der Waals surface area contributed by atoms with Gasteiger partial charge in [-0.1, -0.05) is 110 Å². The van der Waals surface area contributed by atoms with Crippen molar-refractivity contribution in [2.75, 3.05) is 109 Å². The number of fused-ring (bicyclic) bond motifs is 12. The van der Waals surface area contributed by atoms with E-state index in [-0.39, 0.29) is 176 Å². The maximum Gasteiger partial charge on any atom is 0.323 e. The van der Waals surface area contributed by atoms with Crippen LogP contribution in [0.3, 0.4) is 0 Å². The Morgan fingerprint density at radius 2 is 0.700 bits per heavy atom. The number of carbonyl (C=O) groups excluding carboxylic acids is 4. The fourth-order valence-electron chi connectivity index (χ4n) is 16.0. The predicted octanol–water partition coefficient (Wildman–Crippen LogP) is 14.3. The van der Waals surface area contributed by atoms with Crippen molar-refractivity contribution in [2.24, 2.45) is 93.9 Å². The van der Waals surface area contributed by atoms with Gasteiger partial charge in [-0.3, -0.25) is 38.8 Å². The van der Waals surface area contributed by atoms with E-state index in [4.69, 9.17) is 146 Å². The monoisotopic (exact) mass is 1730 g/mol. The fraction of sp³-hybridized carbons (Fsp3) is 0.708. The van der Waals surface area contributed by atoms with Crippen LogP contribution in [0.5, 0.6) is 46.0 Å². The van der Waals surface area contributed by atoms with E-state index >= 15 is 0 Å². The van der Waals surface area contributed by atoms with Crippen LogP contribution in [-0.4, -0.2) is 201 Å². The fourth-order valence-corrected chi connectivity index (χ4v) is 16.0. The van der Waals surface area contributed by atoms with Crippen LogP contribution in [-0.2, 0) is 63.8 Å². The van der Waals surface area contributed by atoms with Gasteiger partial charge in [0.05, 0.1) is 86.9 Å². The third kappa shape index (κ3) is 23.8. The number of methoxy groups -OCH3 is 8. The van der Waals surface area contributed by atoms with Gasteiger partial charge in [0.25, 0.3) is 0 Å². The summed E-state index contributed by atoms with van der Waals surface area (Å²) >= 11 is 0. The summed E-state index contributed by atoms with van der Waals surface area (Å²) < 4.78 is 504. The van der Waals surface area contributed by atoms with Gasteiger partial charge in [0.2, 0.25) is 0 Å². The van der Waals surface area contributed by atoms with Gasteiger partial charge in [-0.25, -0.2) is 0 Å². The maximum absolute atomic E-state index is 13.5. The third-order valence-electron chi connectivity index (χ3n) is 21.6. The lowest BCUT2D eigenvalue weighted by Gasteiger charge is -2.47. The average molecular weight is 1730 g/mol. The molecule has 0 amide bonds. The van der Waals surface area contributed by atoms with Crippen molar-refractivity contribution in [3.05, 3.63) is 92.9 Å². The molecular formula is C96H152N8O16. The molecule has 12 rings (SSSR count). The number of nitrogens with two attached hydrogens (primary N) is 4. The van der Waals surface area contributed by atoms with E-state index in [9.17, 15) is 27.4 Å². The topological polar surface area (TPSA) is 296 Å². The minimum absolute atomic E-state index is 0.00225. The van der Waals surface area contributed by atoms with Gasteiger partial charge in [-0.15, -0.1) is 0 Å². The molecule has 0 aliphatic carbocycles. The molecule has 0 aromatic heterocycles. The van der Waals surface area contributed by atoms with Crippen molar-refractivity contribution >= 4 is 23.9 Å². The van der Waals surface area contributed by atoms with Gasteiger partial charge in [-0.2, -0.15) is 0 Å². The van der Waals surface area contributed by atoms with E-state index in [0.717, 1.165) is 14.2 Å². The van der Waals surface area contributed by atoms with Crippen LogP contribution in [0.2, 0.25) is 0 Å². The highest BCUT2D eigenvalue weighted by atomic mass is 16.6. The number of piperidine rings is 4. The second-order valence-electron chi connectivity index (χ2n) is 31.7. The molecule has 672 valence electrons. The highest BCUT2D eigenvalue weighted by Crippen LogP contribution is 2.50. The molecule has 0 bridgehead atoms. The molecule has 12 unspecified atom stereocenters. The van der Waals surface area contributed by atoms with Crippen LogP contribution < -0.4 is 60.8 Å². The molecule has 4 saturated heterocycles. The quantitative estimate of drug-likeness (QED) is 0.0303. The van der Waals surface area contributed by atoms with Crippen molar-refractivity contribution in [1.82, 2.24) is 19.6 Å². The molecule has 0 saturated carbocycles. The Kier molecular flexibility index (Phi) is 16.9. The number of benzene rings is 4. The van der Waals surface area contributed by atoms with E-state index in [2.05, 4.69) is 0 Å². The number of nitrogens with zero attached hydrogens (tertiary/aromatic N) is 4. The molecule has 8 aliphatic rings. The minimum Gasteiger partial charge on any atom is -0.493 e. The van der Waals surface area contributed by atoms with Crippen LogP contribution in [0, 0.1) is 70.9 Å². The number of hydrogen-bond donors (Lipinski definition) is 4. The largest absolute Gasteiger partial charge is 0.493 e. The lowest BCUT2D eigenvalue weighted by molar-refractivity contribution is -0.161. The number of aryl methyl sites for hydroxylation is 1. The van der Waals surface area contributed by atoms with E-state index in [1.807, 2.05) is 55.4 Å². The van der Waals surface area contributed by atoms with Crippen molar-refractivity contribution < 1.29 is 150 Å². The molecule has 24 heteroatoms. The lowest BCUT2D eigenvalue weighted by Crippen LogP contribution is -2.51. The molecule has 4 fully saturated rings. The molecule has 24 nitrogen and oxygen atoms in total. The summed E-state index contributed by atoms with van der Waals surface area (Å²) in [7, 11) is 1.61. The number of hydrogen-bond acceptors (Lipinski definition) is 24. The Morgan fingerprint density at radius 3 is 1.02 bits per heavy atom. The minimum atomic E-state index is -3.87. The van der Waals surface area contributed by atoms with Crippen molar-refractivity contribution in [3.8, 4) is 46.0 Å². The Bertz CT molecular complexity index is 6300. The Morgan fingerprint density at radius 1 is 0.400 bits per heavy atom. The first-order valence-electron chi connectivity index (χ1n) is 66.4. The van der Waals surface area contributed by atoms with Crippen molar-refractivity contribution in [3.63, 3.8) is 0 Å². The molecule has 8 aliphatic heterocycles. The molecular weight excluding hydrogens is 1520 g/mol. The number of rotatable bonds is 28. The summed E-state index contributed by atoms with van der Waals surface area (Å²) in [6, 6.07) is -20.9. The zero-order valence-corrected chi connectivity index (χ0v) is 70.3. The van der Waals surface area contributed by atoms with E-state index in [1.54, 1.807) is 14.7 Å². The molecule has 8 heterocycles. The predicted molar refractivity (Wildman–Crippen MR) is 471 cm³/mol. The summed E-state index contributed by atoms with van der Waals surface area (Å²) in [5.74, 6) is -27.8. The third-order valence-corrected chi connectivity index (χ3v) is 21.6. The van der Waals surface area contributed by atoms with Gasteiger partial charge < -0.3 is 79.8 Å². The molecule has 0 spiro atoms. The van der Waals surface area contributed by atoms with Crippen LogP contribution >= 0.6 is 0 Å². The molecule has 0 radical (unpaired) electrons. The zero-order chi connectivity index (χ0) is 135. The highest BCUT2D eigenvalue weighted by Gasteiger charge is 2.47. The first-order valence-corrected chi connectivity index (χ1v) is 39.4. The first-order chi connectivity index (χ1) is 78.0. The molecule has 4 aromatic rings. The first kappa shape index (κ1) is 46.2. The van der Waals surface area contributed by atoms with Gasteiger partial charge >= 0.3 is 23.9 Å². The van der Waals surface area contributed by atoms with Gasteiger partial charge in [0, 0.05) is 170 Å². The summed E-state index contributed by atoms with van der Waals surface area (Å²) in [6.45, 7) is -17.4. The number of carbonyl (C=O) groups is 4. The summed E-state index contributed by atoms with van der Waals surface area (Å²) in [6.07, 6.45) is -11.5. The molecule has 4 aromatic carbocycles. The lowest BCUT2D eigenvalue weighted by atomic mass is 9.79. The smallest absolute Gasteiger partial charge is 0.323 e. The number of esters is 4. The average Bonchev–Trinajstić information content (AvgIpc) is 0.703. The van der Waals surface area contributed by atoms with Crippen molar-refractivity contribution in [2.45, 2.75) is 260 Å².